The summed E-state index contributed by atoms with van der Waals surface area (Å²) in [5, 5.41) is 9.39. The number of aromatic nitrogens is 2. The van der Waals surface area contributed by atoms with Crippen LogP contribution in [-0.4, -0.2) is 34.3 Å². The second-order valence-electron chi connectivity index (χ2n) is 3.71. The highest BCUT2D eigenvalue weighted by atomic mass is 35.5. The predicted octanol–water partition coefficient (Wildman–Crippen LogP) is 1.34. The van der Waals surface area contributed by atoms with E-state index in [2.05, 4.69) is 9.97 Å². The van der Waals surface area contributed by atoms with Gasteiger partial charge in [0, 0.05) is 13.2 Å². The molecule has 1 heterocycles. The second kappa shape index (κ2) is 4.11. The Labute approximate surface area is 88.6 Å². The van der Waals surface area contributed by atoms with E-state index in [1.165, 1.54) is 0 Å². The lowest BCUT2D eigenvalue weighted by Crippen LogP contribution is -2.44. The van der Waals surface area contributed by atoms with Crippen LogP contribution in [0.25, 0.3) is 0 Å². The number of rotatable bonds is 3. The molecule has 0 aliphatic rings. The van der Waals surface area contributed by atoms with Gasteiger partial charge in [0.15, 0.2) is 0 Å². The fourth-order valence-electron chi connectivity index (χ4n) is 0.929. The smallest absolute Gasteiger partial charge is 0.224 e. The molecule has 14 heavy (non-hydrogen) atoms. The van der Waals surface area contributed by atoms with Gasteiger partial charge >= 0.3 is 0 Å². The van der Waals surface area contributed by atoms with Crippen LogP contribution < -0.4 is 4.90 Å². The number of likely N-dealkylation sites (N-methyl/N-ethyl adjacent to an activating group) is 1. The zero-order valence-electron chi connectivity index (χ0n) is 8.53. The van der Waals surface area contributed by atoms with E-state index < -0.39 is 0 Å². The molecule has 1 N–H and O–H groups in total. The zero-order chi connectivity index (χ0) is 10.8. The minimum atomic E-state index is -0.363. The minimum Gasteiger partial charge on any atom is -0.394 e. The lowest BCUT2D eigenvalue weighted by Gasteiger charge is -2.34. The van der Waals surface area contributed by atoms with Crippen LogP contribution in [0.4, 0.5) is 5.82 Å². The van der Waals surface area contributed by atoms with Crippen molar-refractivity contribution in [2.75, 3.05) is 18.6 Å². The Hall–Kier alpha value is -0.870. The van der Waals surface area contributed by atoms with Crippen molar-refractivity contribution in [3.63, 3.8) is 0 Å². The third-order valence-corrected chi connectivity index (χ3v) is 2.43. The monoisotopic (exact) mass is 215 g/mol. The molecule has 1 aromatic rings. The zero-order valence-corrected chi connectivity index (χ0v) is 9.28. The van der Waals surface area contributed by atoms with E-state index in [-0.39, 0.29) is 17.4 Å². The molecule has 0 saturated heterocycles. The highest BCUT2D eigenvalue weighted by Gasteiger charge is 2.23. The average Bonchev–Trinajstić information content (AvgIpc) is 2.16. The molecule has 0 fully saturated rings. The normalized spacial score (nSPS) is 11.5. The maximum atomic E-state index is 9.18. The van der Waals surface area contributed by atoms with Crippen molar-refractivity contribution >= 4 is 17.4 Å². The van der Waals surface area contributed by atoms with Crippen LogP contribution in [0, 0.1) is 0 Å². The van der Waals surface area contributed by atoms with Crippen LogP contribution in [0.5, 0.6) is 0 Å². The first kappa shape index (κ1) is 11.2. The first-order valence-electron chi connectivity index (χ1n) is 4.30. The van der Waals surface area contributed by atoms with E-state index in [1.54, 1.807) is 12.3 Å². The van der Waals surface area contributed by atoms with E-state index in [0.29, 0.717) is 5.82 Å². The van der Waals surface area contributed by atoms with Gasteiger partial charge in [0.25, 0.3) is 0 Å². The van der Waals surface area contributed by atoms with Crippen LogP contribution in [0.1, 0.15) is 13.8 Å². The summed E-state index contributed by atoms with van der Waals surface area (Å²) < 4.78 is 0. The van der Waals surface area contributed by atoms with E-state index in [9.17, 15) is 5.11 Å². The number of aliphatic hydroxyl groups excluding tert-OH is 1. The third-order valence-electron chi connectivity index (χ3n) is 2.25. The Morgan fingerprint density at radius 3 is 2.71 bits per heavy atom. The highest BCUT2D eigenvalue weighted by molar-refractivity contribution is 6.28. The van der Waals surface area contributed by atoms with E-state index in [1.807, 2.05) is 25.8 Å². The van der Waals surface area contributed by atoms with E-state index in [4.69, 9.17) is 11.6 Å². The van der Waals surface area contributed by atoms with Crippen LogP contribution in [0.2, 0.25) is 5.28 Å². The molecule has 4 nitrogen and oxygen atoms in total. The summed E-state index contributed by atoms with van der Waals surface area (Å²) in [6, 6.07) is 1.75. The minimum absolute atomic E-state index is 0.0467. The number of aliphatic hydroxyl groups is 1. The number of anilines is 1. The molecule has 1 rings (SSSR count). The molecule has 0 aliphatic carbocycles. The lowest BCUT2D eigenvalue weighted by atomic mass is 10.1. The van der Waals surface area contributed by atoms with Crippen molar-refractivity contribution in [1.82, 2.24) is 9.97 Å². The van der Waals surface area contributed by atoms with Gasteiger partial charge < -0.3 is 10.0 Å². The molecule has 0 unspecified atom stereocenters. The molecule has 0 radical (unpaired) electrons. The third kappa shape index (κ3) is 2.33. The van der Waals surface area contributed by atoms with E-state index >= 15 is 0 Å². The first-order valence-corrected chi connectivity index (χ1v) is 4.68. The van der Waals surface area contributed by atoms with Crippen LogP contribution in [-0.2, 0) is 0 Å². The van der Waals surface area contributed by atoms with Crippen LogP contribution in [0.15, 0.2) is 12.3 Å². The maximum absolute atomic E-state index is 9.18. The lowest BCUT2D eigenvalue weighted by molar-refractivity contribution is 0.215. The van der Waals surface area contributed by atoms with Gasteiger partial charge in [0.2, 0.25) is 5.28 Å². The van der Waals surface area contributed by atoms with Crippen molar-refractivity contribution in [1.29, 1.82) is 0 Å². The number of hydrogen-bond donors (Lipinski definition) is 1. The first-order chi connectivity index (χ1) is 6.47. The van der Waals surface area contributed by atoms with Crippen molar-refractivity contribution < 1.29 is 5.11 Å². The van der Waals surface area contributed by atoms with Gasteiger partial charge in [0.1, 0.15) is 5.82 Å². The van der Waals surface area contributed by atoms with E-state index in [0.717, 1.165) is 0 Å². The van der Waals surface area contributed by atoms with Gasteiger partial charge in [-0.1, -0.05) is 0 Å². The average molecular weight is 216 g/mol. The Morgan fingerprint density at radius 1 is 1.57 bits per heavy atom. The topological polar surface area (TPSA) is 49.2 Å². The number of hydrogen-bond acceptors (Lipinski definition) is 4. The van der Waals surface area contributed by atoms with Gasteiger partial charge in [-0.25, -0.2) is 9.97 Å². The van der Waals surface area contributed by atoms with Gasteiger partial charge in [0.05, 0.1) is 12.1 Å². The summed E-state index contributed by atoms with van der Waals surface area (Å²) in [7, 11) is 1.86. The number of nitrogens with zero attached hydrogens (tertiary/aromatic N) is 3. The molecule has 78 valence electrons. The summed E-state index contributed by atoms with van der Waals surface area (Å²) in [5.41, 5.74) is -0.363. The van der Waals surface area contributed by atoms with Crippen molar-refractivity contribution in [2.45, 2.75) is 19.4 Å². The Balaban J connectivity index is 2.94. The summed E-state index contributed by atoms with van der Waals surface area (Å²) in [5.74, 6) is 0.698. The molecule has 0 bridgehead atoms. The molecule has 1 aromatic heterocycles. The van der Waals surface area contributed by atoms with Gasteiger partial charge in [-0.2, -0.15) is 0 Å². The summed E-state index contributed by atoms with van der Waals surface area (Å²) in [6.07, 6.45) is 1.59. The molecule has 0 atom stereocenters. The van der Waals surface area contributed by atoms with Crippen molar-refractivity contribution in [2.24, 2.45) is 0 Å². The molecule has 0 aromatic carbocycles. The quantitative estimate of drug-likeness (QED) is 0.774. The Kier molecular flexibility index (Phi) is 3.29. The maximum Gasteiger partial charge on any atom is 0.224 e. The molecular formula is C9H14ClN3O. The fourth-order valence-corrected chi connectivity index (χ4v) is 1.07. The van der Waals surface area contributed by atoms with Gasteiger partial charge in [-0.15, -0.1) is 0 Å². The van der Waals surface area contributed by atoms with Gasteiger partial charge in [-0.05, 0) is 31.5 Å². The largest absolute Gasteiger partial charge is 0.394 e. The molecule has 0 spiro atoms. The van der Waals surface area contributed by atoms with Gasteiger partial charge in [-0.3, -0.25) is 0 Å². The predicted molar refractivity (Wildman–Crippen MR) is 56.6 cm³/mol. The fraction of sp³-hybridized carbons (Fsp3) is 0.556. The van der Waals surface area contributed by atoms with Crippen LogP contribution in [0.3, 0.4) is 0 Å². The second-order valence-corrected chi connectivity index (χ2v) is 4.05. The summed E-state index contributed by atoms with van der Waals surface area (Å²) >= 11 is 5.67. The number of halogens is 1. The molecular weight excluding hydrogens is 202 g/mol. The molecule has 0 aliphatic heterocycles. The van der Waals surface area contributed by atoms with Crippen LogP contribution >= 0.6 is 11.6 Å². The highest BCUT2D eigenvalue weighted by Crippen LogP contribution is 2.19. The standard InChI is InChI=1S/C9H14ClN3O/c1-9(2,6-14)13(3)7-4-5-11-8(10)12-7/h4-5,14H,6H2,1-3H3. The van der Waals surface area contributed by atoms with Crippen molar-refractivity contribution in [3.8, 4) is 0 Å². The molecule has 0 saturated carbocycles. The SMILES string of the molecule is CN(c1ccnc(Cl)n1)C(C)(C)CO. The summed E-state index contributed by atoms with van der Waals surface area (Å²) in [6.45, 7) is 3.89. The molecule has 0 amide bonds. The molecule has 5 heteroatoms. The van der Waals surface area contributed by atoms with Crippen molar-refractivity contribution in [3.05, 3.63) is 17.5 Å². The Morgan fingerprint density at radius 2 is 2.21 bits per heavy atom. The summed E-state index contributed by atoms with van der Waals surface area (Å²) in [4.78, 5) is 9.71. The Bertz CT molecular complexity index is 317.